The predicted octanol–water partition coefficient (Wildman–Crippen LogP) is 2.38. The van der Waals surface area contributed by atoms with Gasteiger partial charge in [0.05, 0.1) is 5.92 Å². The molecule has 1 aliphatic rings. The number of hydrogen-bond acceptors (Lipinski definition) is 3. The van der Waals surface area contributed by atoms with E-state index in [1.54, 1.807) is 37.1 Å². The molecule has 0 radical (unpaired) electrons. The number of benzene rings is 2. The lowest BCUT2D eigenvalue weighted by Gasteiger charge is -2.17. The van der Waals surface area contributed by atoms with Gasteiger partial charge in [-0.3, -0.25) is 14.4 Å². The minimum atomic E-state index is -0.383. The monoisotopic (exact) mass is 379 g/mol. The van der Waals surface area contributed by atoms with Crippen LogP contribution in [0.5, 0.6) is 0 Å². The van der Waals surface area contributed by atoms with Crippen LogP contribution in [0.4, 0.5) is 5.69 Å². The highest BCUT2D eigenvalue weighted by atomic mass is 16.2. The van der Waals surface area contributed by atoms with Gasteiger partial charge in [0.2, 0.25) is 11.8 Å². The van der Waals surface area contributed by atoms with Crippen LogP contribution in [0.25, 0.3) is 0 Å². The number of nitrogens with zero attached hydrogens (tertiary/aromatic N) is 1. The third kappa shape index (κ3) is 4.39. The summed E-state index contributed by atoms with van der Waals surface area (Å²) in [4.78, 5) is 38.7. The van der Waals surface area contributed by atoms with Gasteiger partial charge in [-0.15, -0.1) is 0 Å². The maximum Gasteiger partial charge on any atom is 0.251 e. The zero-order valence-electron chi connectivity index (χ0n) is 16.2. The van der Waals surface area contributed by atoms with E-state index < -0.39 is 0 Å². The number of carbonyl (C=O) groups is 3. The Morgan fingerprint density at radius 1 is 1.11 bits per heavy atom. The minimum absolute atomic E-state index is 0.00640. The quantitative estimate of drug-likeness (QED) is 0.809. The van der Waals surface area contributed by atoms with Crippen molar-refractivity contribution in [1.29, 1.82) is 0 Å². The molecule has 2 N–H and O–H groups in total. The summed E-state index contributed by atoms with van der Waals surface area (Å²) in [5.74, 6) is -0.761. The maximum absolute atomic E-state index is 12.7. The van der Waals surface area contributed by atoms with Gasteiger partial charge in [-0.1, -0.05) is 36.4 Å². The molecule has 6 nitrogen and oxygen atoms in total. The van der Waals surface area contributed by atoms with Crippen LogP contribution in [0.3, 0.4) is 0 Å². The average Bonchev–Trinajstić information content (AvgIpc) is 3.09. The van der Waals surface area contributed by atoms with Crippen LogP contribution >= 0.6 is 0 Å². The number of hydrogen-bond donors (Lipinski definition) is 2. The minimum Gasteiger partial charge on any atom is -0.355 e. The Kier molecular flexibility index (Phi) is 6.09. The number of amides is 3. The van der Waals surface area contributed by atoms with Gasteiger partial charge in [0.25, 0.3) is 5.91 Å². The highest BCUT2D eigenvalue weighted by Crippen LogP contribution is 2.23. The Morgan fingerprint density at radius 2 is 1.86 bits per heavy atom. The third-order valence-corrected chi connectivity index (χ3v) is 5.16. The Morgan fingerprint density at radius 3 is 2.57 bits per heavy atom. The second-order valence-corrected chi connectivity index (χ2v) is 7.02. The first-order chi connectivity index (χ1) is 13.5. The van der Waals surface area contributed by atoms with E-state index in [-0.39, 0.29) is 30.1 Å². The van der Waals surface area contributed by atoms with Crippen LogP contribution in [0.2, 0.25) is 0 Å². The lowest BCUT2D eigenvalue weighted by atomic mass is 10.0. The number of rotatable bonds is 6. The van der Waals surface area contributed by atoms with Crippen molar-refractivity contribution in [2.75, 3.05) is 25.5 Å². The number of carbonyl (C=O) groups excluding carboxylic acids is 3. The van der Waals surface area contributed by atoms with E-state index in [9.17, 15) is 14.4 Å². The molecular formula is C22H25N3O3. The Balaban J connectivity index is 1.61. The van der Waals surface area contributed by atoms with Gasteiger partial charge in [0, 0.05) is 37.8 Å². The lowest BCUT2D eigenvalue weighted by molar-refractivity contribution is -0.128. The zero-order chi connectivity index (χ0) is 20.1. The third-order valence-electron chi connectivity index (χ3n) is 5.16. The molecule has 6 heteroatoms. The van der Waals surface area contributed by atoms with Crippen LogP contribution in [0.15, 0.2) is 48.5 Å². The molecule has 1 saturated heterocycles. The van der Waals surface area contributed by atoms with E-state index in [1.807, 2.05) is 30.3 Å². The van der Waals surface area contributed by atoms with Gasteiger partial charge >= 0.3 is 0 Å². The smallest absolute Gasteiger partial charge is 0.251 e. The Labute approximate surface area is 164 Å². The standard InChI is InChI=1S/C22H25N3O3/c1-15-18(22(28)23-2)9-6-10-19(15)24-21(27)17-13-20(26)25(14-17)12-11-16-7-4-3-5-8-16/h3-10,17H,11-14H2,1-2H3,(H,23,28)(H,24,27). The van der Waals surface area contributed by atoms with Crippen LogP contribution < -0.4 is 10.6 Å². The molecule has 2 aromatic rings. The molecule has 1 atom stereocenters. The molecule has 0 aromatic heterocycles. The summed E-state index contributed by atoms with van der Waals surface area (Å²) in [6.45, 7) is 2.83. The SMILES string of the molecule is CNC(=O)c1cccc(NC(=O)C2CC(=O)N(CCc3ccccc3)C2)c1C. The normalized spacial score (nSPS) is 16.1. The molecule has 2 aromatic carbocycles. The fourth-order valence-electron chi connectivity index (χ4n) is 3.46. The van der Waals surface area contributed by atoms with E-state index in [2.05, 4.69) is 10.6 Å². The molecule has 1 unspecified atom stereocenters. The zero-order valence-corrected chi connectivity index (χ0v) is 16.2. The van der Waals surface area contributed by atoms with E-state index in [0.29, 0.717) is 29.9 Å². The van der Waals surface area contributed by atoms with E-state index in [0.717, 1.165) is 6.42 Å². The summed E-state index contributed by atoms with van der Waals surface area (Å²) in [5.41, 5.74) is 3.00. The largest absolute Gasteiger partial charge is 0.355 e. The van der Waals surface area contributed by atoms with Crippen molar-refractivity contribution >= 4 is 23.4 Å². The van der Waals surface area contributed by atoms with Crippen LogP contribution in [-0.2, 0) is 16.0 Å². The van der Waals surface area contributed by atoms with Gasteiger partial charge in [-0.2, -0.15) is 0 Å². The first-order valence-corrected chi connectivity index (χ1v) is 9.44. The van der Waals surface area contributed by atoms with E-state index in [4.69, 9.17) is 0 Å². The number of likely N-dealkylation sites (tertiary alicyclic amines) is 1. The molecule has 0 saturated carbocycles. The summed E-state index contributed by atoms with van der Waals surface area (Å²) in [7, 11) is 1.57. The van der Waals surface area contributed by atoms with Crippen molar-refractivity contribution in [3.8, 4) is 0 Å². The first-order valence-electron chi connectivity index (χ1n) is 9.44. The highest BCUT2D eigenvalue weighted by Gasteiger charge is 2.34. The van der Waals surface area contributed by atoms with Crippen LogP contribution in [0, 0.1) is 12.8 Å². The van der Waals surface area contributed by atoms with Crippen molar-refractivity contribution < 1.29 is 14.4 Å². The number of nitrogens with one attached hydrogen (secondary N) is 2. The summed E-state index contributed by atoms with van der Waals surface area (Å²) in [5, 5.41) is 5.48. The molecule has 1 aliphatic heterocycles. The lowest BCUT2D eigenvalue weighted by Crippen LogP contribution is -2.30. The molecule has 3 rings (SSSR count). The molecule has 1 fully saturated rings. The summed E-state index contributed by atoms with van der Waals surface area (Å²) >= 11 is 0. The average molecular weight is 379 g/mol. The van der Waals surface area contributed by atoms with Crippen molar-refractivity contribution in [2.45, 2.75) is 19.8 Å². The van der Waals surface area contributed by atoms with Crippen molar-refractivity contribution in [3.05, 3.63) is 65.2 Å². The fourth-order valence-corrected chi connectivity index (χ4v) is 3.46. The summed E-state index contributed by atoms with van der Waals surface area (Å²) in [6, 6.07) is 15.2. The van der Waals surface area contributed by atoms with Gasteiger partial charge in [0.15, 0.2) is 0 Å². The topological polar surface area (TPSA) is 78.5 Å². The van der Waals surface area contributed by atoms with Gasteiger partial charge < -0.3 is 15.5 Å². The van der Waals surface area contributed by atoms with Gasteiger partial charge in [0.1, 0.15) is 0 Å². The maximum atomic E-state index is 12.7. The fraction of sp³-hybridized carbons (Fsp3) is 0.318. The summed E-state index contributed by atoms with van der Waals surface area (Å²) in [6.07, 6.45) is 0.989. The Hall–Kier alpha value is -3.15. The summed E-state index contributed by atoms with van der Waals surface area (Å²) < 4.78 is 0. The molecule has 0 aliphatic carbocycles. The predicted molar refractivity (Wildman–Crippen MR) is 108 cm³/mol. The molecule has 0 spiro atoms. The highest BCUT2D eigenvalue weighted by molar-refractivity contribution is 6.01. The van der Waals surface area contributed by atoms with Crippen molar-refractivity contribution in [1.82, 2.24) is 10.2 Å². The Bertz CT molecular complexity index is 880. The van der Waals surface area contributed by atoms with Crippen LogP contribution in [0.1, 0.15) is 27.9 Å². The number of anilines is 1. The molecular weight excluding hydrogens is 354 g/mol. The van der Waals surface area contributed by atoms with Gasteiger partial charge in [-0.25, -0.2) is 0 Å². The van der Waals surface area contributed by atoms with Gasteiger partial charge in [-0.05, 0) is 36.6 Å². The molecule has 3 amide bonds. The molecule has 28 heavy (non-hydrogen) atoms. The van der Waals surface area contributed by atoms with Crippen LogP contribution in [-0.4, -0.2) is 42.8 Å². The van der Waals surface area contributed by atoms with E-state index in [1.165, 1.54) is 5.56 Å². The second kappa shape index (κ2) is 8.69. The first kappa shape index (κ1) is 19.6. The second-order valence-electron chi connectivity index (χ2n) is 7.02. The molecule has 146 valence electrons. The molecule has 0 bridgehead atoms. The van der Waals surface area contributed by atoms with E-state index >= 15 is 0 Å². The van der Waals surface area contributed by atoms with Crippen molar-refractivity contribution in [2.24, 2.45) is 5.92 Å². The molecule has 1 heterocycles. The van der Waals surface area contributed by atoms with Crippen molar-refractivity contribution in [3.63, 3.8) is 0 Å².